The average Bonchev–Trinajstić information content (AvgIpc) is 2.24. The molecular formula is C14H22FN. The van der Waals surface area contributed by atoms with Crippen molar-refractivity contribution in [1.29, 1.82) is 0 Å². The van der Waals surface area contributed by atoms with Crippen LogP contribution in [-0.2, 0) is 0 Å². The summed E-state index contributed by atoms with van der Waals surface area (Å²) in [6, 6.07) is 1.57. The monoisotopic (exact) mass is 223 g/mol. The van der Waals surface area contributed by atoms with Crippen molar-refractivity contribution in [2.75, 3.05) is 0 Å². The standard InChI is InChI=1S/C14H22FN/c1-4-5-6-7-8-11(2)14-12(3)9-13(15)10-16-14/h9-11H,4-8H2,1-3H3. The van der Waals surface area contributed by atoms with Gasteiger partial charge in [-0.2, -0.15) is 0 Å². The van der Waals surface area contributed by atoms with Gasteiger partial charge in [0.2, 0.25) is 0 Å². The molecule has 1 aromatic rings. The molecule has 2 heteroatoms. The highest BCUT2D eigenvalue weighted by Gasteiger charge is 2.10. The molecule has 0 aliphatic carbocycles. The van der Waals surface area contributed by atoms with Crippen LogP contribution in [-0.4, -0.2) is 4.98 Å². The number of aryl methyl sites for hydroxylation is 1. The van der Waals surface area contributed by atoms with Crippen LogP contribution < -0.4 is 0 Å². The van der Waals surface area contributed by atoms with Crippen molar-refractivity contribution in [2.24, 2.45) is 0 Å². The Morgan fingerprint density at radius 2 is 2.06 bits per heavy atom. The van der Waals surface area contributed by atoms with E-state index in [2.05, 4.69) is 18.8 Å². The van der Waals surface area contributed by atoms with E-state index in [1.807, 2.05) is 6.92 Å². The van der Waals surface area contributed by atoms with Gasteiger partial charge in [0.15, 0.2) is 0 Å². The maximum atomic E-state index is 12.9. The summed E-state index contributed by atoms with van der Waals surface area (Å²) in [5.41, 5.74) is 2.03. The molecule has 0 aromatic carbocycles. The lowest BCUT2D eigenvalue weighted by Gasteiger charge is -2.13. The summed E-state index contributed by atoms with van der Waals surface area (Å²) in [6.07, 6.45) is 7.59. The Labute approximate surface area is 98.1 Å². The fourth-order valence-corrected chi connectivity index (χ4v) is 2.08. The van der Waals surface area contributed by atoms with E-state index in [1.165, 1.54) is 31.9 Å². The van der Waals surface area contributed by atoms with Gasteiger partial charge < -0.3 is 0 Å². The molecular weight excluding hydrogens is 201 g/mol. The third kappa shape index (κ3) is 3.92. The van der Waals surface area contributed by atoms with Gasteiger partial charge >= 0.3 is 0 Å². The van der Waals surface area contributed by atoms with Crippen LogP contribution >= 0.6 is 0 Å². The Morgan fingerprint density at radius 1 is 1.31 bits per heavy atom. The van der Waals surface area contributed by atoms with E-state index in [-0.39, 0.29) is 5.82 Å². The number of rotatable bonds is 6. The molecule has 1 atom stereocenters. The van der Waals surface area contributed by atoms with Gasteiger partial charge in [-0.15, -0.1) is 0 Å². The first kappa shape index (κ1) is 13.1. The second-order valence-corrected chi connectivity index (χ2v) is 4.61. The van der Waals surface area contributed by atoms with Crippen LogP contribution in [0.2, 0.25) is 0 Å². The molecule has 1 aromatic heterocycles. The predicted octanol–water partition coefficient (Wildman–Crippen LogP) is 4.60. The molecule has 1 rings (SSSR count). The summed E-state index contributed by atoms with van der Waals surface area (Å²) >= 11 is 0. The summed E-state index contributed by atoms with van der Waals surface area (Å²) in [7, 11) is 0. The zero-order chi connectivity index (χ0) is 12.0. The quantitative estimate of drug-likeness (QED) is 0.642. The second-order valence-electron chi connectivity index (χ2n) is 4.61. The fourth-order valence-electron chi connectivity index (χ4n) is 2.08. The largest absolute Gasteiger partial charge is 0.258 e. The fraction of sp³-hybridized carbons (Fsp3) is 0.643. The minimum absolute atomic E-state index is 0.237. The van der Waals surface area contributed by atoms with Gasteiger partial charge in [0.25, 0.3) is 0 Å². The highest BCUT2D eigenvalue weighted by Crippen LogP contribution is 2.23. The Morgan fingerprint density at radius 3 is 2.69 bits per heavy atom. The van der Waals surface area contributed by atoms with Crippen LogP contribution in [0.5, 0.6) is 0 Å². The molecule has 0 fully saturated rings. The van der Waals surface area contributed by atoms with Crippen molar-refractivity contribution in [2.45, 2.75) is 58.8 Å². The zero-order valence-corrected chi connectivity index (χ0v) is 10.6. The van der Waals surface area contributed by atoms with Gasteiger partial charge in [-0.3, -0.25) is 4.98 Å². The molecule has 1 nitrogen and oxygen atoms in total. The smallest absolute Gasteiger partial charge is 0.141 e. The van der Waals surface area contributed by atoms with Gasteiger partial charge in [-0.05, 0) is 30.9 Å². The lowest BCUT2D eigenvalue weighted by molar-refractivity contribution is 0.563. The average molecular weight is 223 g/mol. The van der Waals surface area contributed by atoms with Crippen LogP contribution in [0.15, 0.2) is 12.3 Å². The number of hydrogen-bond acceptors (Lipinski definition) is 1. The van der Waals surface area contributed by atoms with Crippen molar-refractivity contribution in [3.8, 4) is 0 Å². The molecule has 0 aliphatic rings. The van der Waals surface area contributed by atoms with E-state index in [0.29, 0.717) is 5.92 Å². The highest BCUT2D eigenvalue weighted by atomic mass is 19.1. The minimum atomic E-state index is -0.237. The number of hydrogen-bond donors (Lipinski definition) is 0. The van der Waals surface area contributed by atoms with Crippen molar-refractivity contribution in [3.63, 3.8) is 0 Å². The van der Waals surface area contributed by atoms with Gasteiger partial charge in [0, 0.05) is 5.69 Å². The number of nitrogens with zero attached hydrogens (tertiary/aromatic N) is 1. The Hall–Kier alpha value is -0.920. The first-order valence-electron chi connectivity index (χ1n) is 6.27. The molecule has 0 saturated carbocycles. The number of halogens is 1. The Balaban J connectivity index is 2.49. The summed E-state index contributed by atoms with van der Waals surface area (Å²) < 4.78 is 12.9. The summed E-state index contributed by atoms with van der Waals surface area (Å²) in [6.45, 7) is 6.34. The van der Waals surface area contributed by atoms with Gasteiger partial charge in [-0.25, -0.2) is 4.39 Å². The van der Waals surface area contributed by atoms with Gasteiger partial charge in [-0.1, -0.05) is 39.5 Å². The number of unbranched alkanes of at least 4 members (excludes halogenated alkanes) is 3. The van der Waals surface area contributed by atoms with E-state index in [9.17, 15) is 4.39 Å². The van der Waals surface area contributed by atoms with Crippen LogP contribution in [0.3, 0.4) is 0 Å². The van der Waals surface area contributed by atoms with Crippen molar-refractivity contribution in [1.82, 2.24) is 4.98 Å². The molecule has 0 amide bonds. The summed E-state index contributed by atoms with van der Waals surface area (Å²) in [5.74, 6) is 0.205. The normalized spacial score (nSPS) is 12.8. The third-order valence-corrected chi connectivity index (χ3v) is 3.04. The number of aromatic nitrogens is 1. The van der Waals surface area contributed by atoms with Crippen LogP contribution in [0.25, 0.3) is 0 Å². The first-order chi connectivity index (χ1) is 7.65. The van der Waals surface area contributed by atoms with Crippen molar-refractivity contribution < 1.29 is 4.39 Å². The molecule has 16 heavy (non-hydrogen) atoms. The van der Waals surface area contributed by atoms with E-state index < -0.39 is 0 Å². The topological polar surface area (TPSA) is 12.9 Å². The molecule has 1 unspecified atom stereocenters. The molecule has 0 spiro atoms. The maximum absolute atomic E-state index is 12.9. The highest BCUT2D eigenvalue weighted by molar-refractivity contribution is 5.21. The SMILES string of the molecule is CCCCCCC(C)c1ncc(F)cc1C. The van der Waals surface area contributed by atoms with Crippen LogP contribution in [0.1, 0.15) is 63.1 Å². The lowest BCUT2D eigenvalue weighted by Crippen LogP contribution is -2.01. The van der Waals surface area contributed by atoms with Gasteiger partial charge in [0.05, 0.1) is 6.20 Å². The molecule has 0 N–H and O–H groups in total. The summed E-state index contributed by atoms with van der Waals surface area (Å²) in [5, 5.41) is 0. The maximum Gasteiger partial charge on any atom is 0.141 e. The van der Waals surface area contributed by atoms with Gasteiger partial charge in [0.1, 0.15) is 5.82 Å². The van der Waals surface area contributed by atoms with E-state index in [0.717, 1.165) is 17.7 Å². The molecule has 1 heterocycles. The molecule has 0 radical (unpaired) electrons. The van der Waals surface area contributed by atoms with E-state index in [4.69, 9.17) is 0 Å². The lowest BCUT2D eigenvalue weighted by atomic mass is 9.96. The van der Waals surface area contributed by atoms with E-state index >= 15 is 0 Å². The predicted molar refractivity (Wildman–Crippen MR) is 66.1 cm³/mol. The zero-order valence-electron chi connectivity index (χ0n) is 10.6. The van der Waals surface area contributed by atoms with Crippen LogP contribution in [0.4, 0.5) is 4.39 Å². The molecule has 0 bridgehead atoms. The Kier molecular flexibility index (Phi) is 5.44. The van der Waals surface area contributed by atoms with E-state index in [1.54, 1.807) is 6.07 Å². The van der Waals surface area contributed by atoms with Crippen molar-refractivity contribution >= 4 is 0 Å². The Bertz CT molecular complexity index is 323. The second kappa shape index (κ2) is 6.62. The summed E-state index contributed by atoms with van der Waals surface area (Å²) in [4.78, 5) is 4.20. The van der Waals surface area contributed by atoms with Crippen molar-refractivity contribution in [3.05, 3.63) is 29.3 Å². The van der Waals surface area contributed by atoms with Crippen LogP contribution in [0, 0.1) is 12.7 Å². The molecule has 0 saturated heterocycles. The molecule has 90 valence electrons. The molecule has 0 aliphatic heterocycles. The number of pyridine rings is 1. The minimum Gasteiger partial charge on any atom is -0.258 e. The third-order valence-electron chi connectivity index (χ3n) is 3.04. The first-order valence-corrected chi connectivity index (χ1v) is 6.27.